The Labute approximate surface area is 103 Å². The van der Waals surface area contributed by atoms with Crippen LogP contribution in [-0.4, -0.2) is 35.6 Å². The van der Waals surface area contributed by atoms with Gasteiger partial charge in [0.1, 0.15) is 0 Å². The summed E-state index contributed by atoms with van der Waals surface area (Å²) >= 11 is 3.38. The SMILES string of the molecule is O=C(Cc1cccc(Br)c1)N1CC(CO)C1. The van der Waals surface area contributed by atoms with Crippen molar-refractivity contribution >= 4 is 21.8 Å². The fraction of sp³-hybridized carbons (Fsp3) is 0.417. The molecule has 1 heterocycles. The van der Waals surface area contributed by atoms with Gasteiger partial charge < -0.3 is 10.0 Å². The number of rotatable bonds is 3. The summed E-state index contributed by atoms with van der Waals surface area (Å²) in [6.07, 6.45) is 0.442. The van der Waals surface area contributed by atoms with Crippen LogP contribution in [0.4, 0.5) is 0 Å². The molecule has 0 spiro atoms. The molecule has 0 radical (unpaired) electrons. The number of aliphatic hydroxyl groups is 1. The van der Waals surface area contributed by atoms with Gasteiger partial charge >= 0.3 is 0 Å². The number of carbonyl (C=O) groups is 1. The molecule has 1 saturated heterocycles. The second-order valence-corrected chi connectivity index (χ2v) is 5.07. The molecule has 0 aromatic heterocycles. The van der Waals surface area contributed by atoms with Gasteiger partial charge in [-0.25, -0.2) is 0 Å². The number of amides is 1. The van der Waals surface area contributed by atoms with Crippen molar-refractivity contribution in [3.8, 4) is 0 Å². The zero-order valence-electron chi connectivity index (χ0n) is 8.90. The molecule has 1 aliphatic rings. The molecular weight excluding hydrogens is 270 g/mol. The molecule has 0 aliphatic carbocycles. The van der Waals surface area contributed by atoms with E-state index < -0.39 is 0 Å². The Hall–Kier alpha value is -0.870. The molecule has 4 heteroatoms. The van der Waals surface area contributed by atoms with Crippen LogP contribution in [0.1, 0.15) is 5.56 Å². The fourth-order valence-electron chi connectivity index (χ4n) is 1.82. The second kappa shape index (κ2) is 4.97. The molecule has 1 amide bonds. The number of aliphatic hydroxyl groups excluding tert-OH is 1. The molecule has 1 aromatic rings. The summed E-state index contributed by atoms with van der Waals surface area (Å²) < 4.78 is 0.995. The lowest BCUT2D eigenvalue weighted by atomic mass is 10.00. The van der Waals surface area contributed by atoms with Crippen molar-refractivity contribution in [3.63, 3.8) is 0 Å². The van der Waals surface area contributed by atoms with Crippen LogP contribution in [0.2, 0.25) is 0 Å². The van der Waals surface area contributed by atoms with E-state index in [2.05, 4.69) is 15.9 Å². The predicted octanol–water partition coefficient (Wildman–Crippen LogP) is 1.44. The average Bonchev–Trinajstić information content (AvgIpc) is 2.15. The highest BCUT2D eigenvalue weighted by Gasteiger charge is 2.29. The Morgan fingerprint density at radius 1 is 1.50 bits per heavy atom. The number of carbonyl (C=O) groups excluding carboxylic acids is 1. The summed E-state index contributed by atoms with van der Waals surface area (Å²) in [7, 11) is 0. The minimum absolute atomic E-state index is 0.141. The number of hydrogen-bond donors (Lipinski definition) is 1. The maximum absolute atomic E-state index is 11.8. The Kier molecular flexibility index (Phi) is 3.61. The maximum atomic E-state index is 11.8. The number of benzene rings is 1. The summed E-state index contributed by atoms with van der Waals surface area (Å²) in [6, 6.07) is 7.78. The summed E-state index contributed by atoms with van der Waals surface area (Å²) in [4.78, 5) is 13.6. The molecular formula is C12H14BrNO2. The van der Waals surface area contributed by atoms with Crippen LogP contribution in [0.5, 0.6) is 0 Å². The van der Waals surface area contributed by atoms with Crippen molar-refractivity contribution in [3.05, 3.63) is 34.3 Å². The van der Waals surface area contributed by atoms with Gasteiger partial charge in [0.05, 0.1) is 6.42 Å². The van der Waals surface area contributed by atoms with Gasteiger partial charge in [0.2, 0.25) is 5.91 Å². The molecule has 16 heavy (non-hydrogen) atoms. The average molecular weight is 284 g/mol. The lowest BCUT2D eigenvalue weighted by Crippen LogP contribution is -2.51. The third-order valence-corrected chi connectivity index (χ3v) is 3.31. The minimum atomic E-state index is 0.141. The van der Waals surface area contributed by atoms with E-state index in [4.69, 9.17) is 5.11 Å². The van der Waals surface area contributed by atoms with E-state index in [0.29, 0.717) is 19.5 Å². The Bertz CT molecular complexity index is 388. The molecule has 1 fully saturated rings. The van der Waals surface area contributed by atoms with E-state index in [1.165, 1.54) is 0 Å². The molecule has 0 saturated carbocycles. The molecule has 1 aromatic carbocycles. The van der Waals surface area contributed by atoms with Crippen molar-refractivity contribution in [1.82, 2.24) is 4.90 Å². The molecule has 1 aliphatic heterocycles. The van der Waals surface area contributed by atoms with E-state index in [0.717, 1.165) is 10.0 Å². The normalized spacial score (nSPS) is 16.0. The monoisotopic (exact) mass is 283 g/mol. The highest BCUT2D eigenvalue weighted by atomic mass is 79.9. The Morgan fingerprint density at radius 3 is 2.88 bits per heavy atom. The maximum Gasteiger partial charge on any atom is 0.227 e. The number of hydrogen-bond acceptors (Lipinski definition) is 2. The lowest BCUT2D eigenvalue weighted by Gasteiger charge is -2.38. The largest absolute Gasteiger partial charge is 0.396 e. The smallest absolute Gasteiger partial charge is 0.227 e. The van der Waals surface area contributed by atoms with Crippen molar-refractivity contribution < 1.29 is 9.90 Å². The van der Waals surface area contributed by atoms with Gasteiger partial charge in [-0.15, -0.1) is 0 Å². The molecule has 2 rings (SSSR count). The van der Waals surface area contributed by atoms with Crippen LogP contribution in [0.15, 0.2) is 28.7 Å². The molecule has 0 unspecified atom stereocenters. The molecule has 3 nitrogen and oxygen atoms in total. The number of nitrogens with zero attached hydrogens (tertiary/aromatic N) is 1. The predicted molar refractivity (Wildman–Crippen MR) is 65.0 cm³/mol. The van der Waals surface area contributed by atoms with Gasteiger partial charge in [-0.2, -0.15) is 0 Å². The van der Waals surface area contributed by atoms with Crippen molar-refractivity contribution in [2.75, 3.05) is 19.7 Å². The third kappa shape index (κ3) is 2.62. The van der Waals surface area contributed by atoms with Crippen LogP contribution in [0, 0.1) is 5.92 Å². The summed E-state index contributed by atoms with van der Waals surface area (Å²) in [5.74, 6) is 0.425. The van der Waals surface area contributed by atoms with E-state index in [1.54, 1.807) is 4.90 Å². The molecule has 0 atom stereocenters. The highest BCUT2D eigenvalue weighted by Crippen LogP contribution is 2.17. The van der Waals surface area contributed by atoms with Crippen molar-refractivity contribution in [1.29, 1.82) is 0 Å². The first kappa shape index (κ1) is 11.6. The van der Waals surface area contributed by atoms with E-state index in [9.17, 15) is 4.79 Å². The van der Waals surface area contributed by atoms with Gasteiger partial charge in [-0.3, -0.25) is 4.79 Å². The third-order valence-electron chi connectivity index (χ3n) is 2.81. The van der Waals surface area contributed by atoms with E-state index >= 15 is 0 Å². The highest BCUT2D eigenvalue weighted by molar-refractivity contribution is 9.10. The van der Waals surface area contributed by atoms with Gasteiger partial charge in [-0.05, 0) is 17.7 Å². The first-order valence-electron chi connectivity index (χ1n) is 5.32. The fourth-order valence-corrected chi connectivity index (χ4v) is 2.27. The molecule has 86 valence electrons. The molecule has 1 N–H and O–H groups in total. The Morgan fingerprint density at radius 2 is 2.25 bits per heavy atom. The van der Waals surface area contributed by atoms with Gasteiger partial charge in [-0.1, -0.05) is 28.1 Å². The Balaban J connectivity index is 1.89. The summed E-state index contributed by atoms with van der Waals surface area (Å²) in [5.41, 5.74) is 1.02. The summed E-state index contributed by atoms with van der Waals surface area (Å²) in [5, 5.41) is 8.87. The van der Waals surface area contributed by atoms with E-state index in [-0.39, 0.29) is 18.4 Å². The van der Waals surface area contributed by atoms with Gasteiger partial charge in [0.25, 0.3) is 0 Å². The van der Waals surface area contributed by atoms with Crippen molar-refractivity contribution in [2.24, 2.45) is 5.92 Å². The second-order valence-electron chi connectivity index (χ2n) is 4.15. The van der Waals surface area contributed by atoms with Crippen LogP contribution in [0.25, 0.3) is 0 Å². The minimum Gasteiger partial charge on any atom is -0.396 e. The first-order chi connectivity index (χ1) is 7.69. The topological polar surface area (TPSA) is 40.5 Å². The van der Waals surface area contributed by atoms with Gasteiger partial charge in [0, 0.05) is 30.1 Å². The van der Waals surface area contributed by atoms with Crippen LogP contribution in [-0.2, 0) is 11.2 Å². The quantitative estimate of drug-likeness (QED) is 0.912. The summed E-state index contributed by atoms with van der Waals surface area (Å²) in [6.45, 7) is 1.58. The van der Waals surface area contributed by atoms with Crippen LogP contribution >= 0.6 is 15.9 Å². The number of halogens is 1. The first-order valence-corrected chi connectivity index (χ1v) is 6.11. The van der Waals surface area contributed by atoms with Crippen LogP contribution in [0.3, 0.4) is 0 Å². The zero-order chi connectivity index (χ0) is 11.5. The standard InChI is InChI=1S/C12H14BrNO2/c13-11-3-1-2-9(4-11)5-12(16)14-6-10(7-14)8-15/h1-4,10,15H,5-8H2. The zero-order valence-corrected chi connectivity index (χ0v) is 10.5. The van der Waals surface area contributed by atoms with Gasteiger partial charge in [0.15, 0.2) is 0 Å². The lowest BCUT2D eigenvalue weighted by molar-refractivity contribution is -0.137. The van der Waals surface area contributed by atoms with Crippen LogP contribution < -0.4 is 0 Å². The number of likely N-dealkylation sites (tertiary alicyclic amines) is 1. The molecule has 0 bridgehead atoms. The van der Waals surface area contributed by atoms with Crippen molar-refractivity contribution in [2.45, 2.75) is 6.42 Å². The van der Waals surface area contributed by atoms with E-state index in [1.807, 2.05) is 24.3 Å².